The van der Waals surface area contributed by atoms with Crippen LogP contribution in [0.2, 0.25) is 0 Å². The molecule has 0 spiro atoms. The zero-order valence-corrected chi connectivity index (χ0v) is 8.49. The molecule has 0 saturated carbocycles. The van der Waals surface area contributed by atoms with Crippen molar-refractivity contribution >= 4 is 22.0 Å². The molecule has 68 valence electrons. The molecule has 1 aliphatic heterocycles. The number of amidine groups is 1. The fourth-order valence-electron chi connectivity index (χ4n) is 1.24. The lowest BCUT2D eigenvalue weighted by Gasteiger charge is -2.09. The molecule has 0 fully saturated rings. The van der Waals surface area contributed by atoms with Gasteiger partial charge in [0.05, 0.1) is 6.54 Å². The van der Waals surface area contributed by atoms with Crippen molar-refractivity contribution in [3.8, 4) is 0 Å². The van der Waals surface area contributed by atoms with E-state index in [9.17, 15) is 0 Å². The molecule has 1 aliphatic rings. The van der Waals surface area contributed by atoms with Gasteiger partial charge in [0.25, 0.3) is 6.02 Å². The molecule has 2 rings (SSSR count). The molecule has 0 radical (unpaired) electrons. The van der Waals surface area contributed by atoms with Crippen molar-refractivity contribution in [2.45, 2.75) is 6.10 Å². The highest BCUT2D eigenvalue weighted by atomic mass is 79.9. The van der Waals surface area contributed by atoms with E-state index in [0.717, 1.165) is 10.0 Å². The number of ether oxygens (including phenoxy) is 1. The van der Waals surface area contributed by atoms with Crippen LogP contribution in [0.1, 0.15) is 11.7 Å². The van der Waals surface area contributed by atoms with Crippen molar-refractivity contribution in [3.63, 3.8) is 0 Å². The number of hydrogen-bond donors (Lipinski definition) is 1. The first-order chi connectivity index (χ1) is 6.25. The first kappa shape index (κ1) is 8.56. The Morgan fingerprint density at radius 3 is 2.62 bits per heavy atom. The van der Waals surface area contributed by atoms with Crippen LogP contribution in [0.25, 0.3) is 0 Å². The van der Waals surface area contributed by atoms with Crippen molar-refractivity contribution in [1.29, 1.82) is 0 Å². The highest BCUT2D eigenvalue weighted by Gasteiger charge is 2.18. The minimum Gasteiger partial charge on any atom is -0.455 e. The van der Waals surface area contributed by atoms with Crippen molar-refractivity contribution < 1.29 is 4.74 Å². The average molecular weight is 241 g/mol. The maximum Gasteiger partial charge on any atom is 0.282 e. The lowest BCUT2D eigenvalue weighted by molar-refractivity contribution is 0.226. The van der Waals surface area contributed by atoms with E-state index in [1.165, 1.54) is 0 Å². The van der Waals surface area contributed by atoms with Crippen LogP contribution in [0, 0.1) is 0 Å². The second-order valence-electron chi connectivity index (χ2n) is 2.84. The summed E-state index contributed by atoms with van der Waals surface area (Å²) in [5.74, 6) is 0. The molecule has 4 heteroatoms. The van der Waals surface area contributed by atoms with Gasteiger partial charge in [0.2, 0.25) is 0 Å². The Labute approximate surface area is 84.7 Å². The number of halogens is 1. The summed E-state index contributed by atoms with van der Waals surface area (Å²) in [5, 5.41) is 0. The van der Waals surface area contributed by atoms with Crippen molar-refractivity contribution in [1.82, 2.24) is 0 Å². The predicted octanol–water partition coefficient (Wildman–Crippen LogP) is 1.84. The van der Waals surface area contributed by atoms with Gasteiger partial charge in [-0.2, -0.15) is 0 Å². The fraction of sp³-hybridized carbons (Fsp3) is 0.222. The van der Waals surface area contributed by atoms with E-state index in [2.05, 4.69) is 20.9 Å². The predicted molar refractivity (Wildman–Crippen MR) is 54.5 cm³/mol. The Hall–Kier alpha value is -1.03. The quantitative estimate of drug-likeness (QED) is 0.815. The molecule has 1 aromatic carbocycles. The molecule has 0 bridgehead atoms. The van der Waals surface area contributed by atoms with Gasteiger partial charge in [0.15, 0.2) is 0 Å². The first-order valence-corrected chi connectivity index (χ1v) is 4.77. The maximum atomic E-state index is 5.41. The normalized spacial score (nSPS) is 21.0. The van der Waals surface area contributed by atoms with E-state index in [-0.39, 0.29) is 12.1 Å². The van der Waals surface area contributed by atoms with E-state index in [1.54, 1.807) is 0 Å². The second kappa shape index (κ2) is 3.38. The van der Waals surface area contributed by atoms with Gasteiger partial charge in [-0.3, -0.25) is 0 Å². The van der Waals surface area contributed by atoms with Crippen LogP contribution in [-0.2, 0) is 4.74 Å². The molecule has 13 heavy (non-hydrogen) atoms. The van der Waals surface area contributed by atoms with Gasteiger partial charge in [0.1, 0.15) is 6.10 Å². The SMILES string of the molecule is NC1=NC[C@H](c2ccc(Br)cc2)O1. The van der Waals surface area contributed by atoms with Gasteiger partial charge in [0, 0.05) is 4.47 Å². The molecule has 2 N–H and O–H groups in total. The molecule has 3 nitrogen and oxygen atoms in total. The minimum atomic E-state index is -0.00639. The topological polar surface area (TPSA) is 47.6 Å². The van der Waals surface area contributed by atoms with Crippen molar-refractivity contribution in [2.24, 2.45) is 10.7 Å². The summed E-state index contributed by atoms with van der Waals surface area (Å²) in [6.07, 6.45) is -0.00639. The Morgan fingerprint density at radius 2 is 2.08 bits per heavy atom. The fourth-order valence-corrected chi connectivity index (χ4v) is 1.51. The summed E-state index contributed by atoms with van der Waals surface area (Å²) < 4.78 is 6.36. The summed E-state index contributed by atoms with van der Waals surface area (Å²) in [6.45, 7) is 0.619. The van der Waals surface area contributed by atoms with Crippen LogP contribution in [0.4, 0.5) is 0 Å². The molecule has 0 saturated heterocycles. The third-order valence-electron chi connectivity index (χ3n) is 1.92. The van der Waals surface area contributed by atoms with Gasteiger partial charge in [-0.05, 0) is 17.7 Å². The molecule has 1 aromatic rings. The Bertz CT molecular complexity index is 334. The molecule has 1 atom stereocenters. The minimum absolute atomic E-state index is 0.00639. The van der Waals surface area contributed by atoms with E-state index < -0.39 is 0 Å². The highest BCUT2D eigenvalue weighted by Crippen LogP contribution is 2.23. The summed E-state index contributed by atoms with van der Waals surface area (Å²) in [4.78, 5) is 3.98. The Morgan fingerprint density at radius 1 is 1.38 bits per heavy atom. The van der Waals surface area contributed by atoms with Crippen LogP contribution in [0.3, 0.4) is 0 Å². The standard InChI is InChI=1S/C9H9BrN2O/c10-7-3-1-6(2-4-7)8-5-12-9(11)13-8/h1-4,8H,5H2,(H2,11,12)/t8-/m1/s1. The third kappa shape index (κ3) is 1.83. The van der Waals surface area contributed by atoms with Crippen LogP contribution in [-0.4, -0.2) is 12.6 Å². The first-order valence-electron chi connectivity index (χ1n) is 3.98. The number of benzene rings is 1. The third-order valence-corrected chi connectivity index (χ3v) is 2.45. The van der Waals surface area contributed by atoms with Crippen LogP contribution < -0.4 is 5.73 Å². The summed E-state index contributed by atoms with van der Waals surface area (Å²) in [6, 6.07) is 8.25. The molecule has 0 aromatic heterocycles. The Balaban J connectivity index is 2.14. The molecule has 1 heterocycles. The van der Waals surface area contributed by atoms with E-state index in [4.69, 9.17) is 10.5 Å². The number of nitrogens with zero attached hydrogens (tertiary/aromatic N) is 1. The largest absolute Gasteiger partial charge is 0.455 e. The van der Waals surface area contributed by atoms with Gasteiger partial charge in [-0.1, -0.05) is 28.1 Å². The summed E-state index contributed by atoms with van der Waals surface area (Å²) in [5.41, 5.74) is 6.51. The van der Waals surface area contributed by atoms with Crippen molar-refractivity contribution in [3.05, 3.63) is 34.3 Å². The lowest BCUT2D eigenvalue weighted by atomic mass is 10.1. The number of rotatable bonds is 1. The number of aliphatic imine (C=N–C) groups is 1. The van der Waals surface area contributed by atoms with E-state index in [0.29, 0.717) is 6.54 Å². The monoisotopic (exact) mass is 240 g/mol. The summed E-state index contributed by atoms with van der Waals surface area (Å²) >= 11 is 3.37. The second-order valence-corrected chi connectivity index (χ2v) is 3.75. The van der Waals surface area contributed by atoms with Gasteiger partial charge in [-0.15, -0.1) is 0 Å². The average Bonchev–Trinajstić information content (AvgIpc) is 2.53. The molecular weight excluding hydrogens is 232 g/mol. The Kier molecular flexibility index (Phi) is 2.22. The van der Waals surface area contributed by atoms with Gasteiger partial charge >= 0.3 is 0 Å². The molecule has 0 aliphatic carbocycles. The number of hydrogen-bond acceptors (Lipinski definition) is 3. The zero-order chi connectivity index (χ0) is 9.26. The van der Waals surface area contributed by atoms with Crippen LogP contribution >= 0.6 is 15.9 Å². The highest BCUT2D eigenvalue weighted by molar-refractivity contribution is 9.10. The van der Waals surface area contributed by atoms with E-state index >= 15 is 0 Å². The van der Waals surface area contributed by atoms with Gasteiger partial charge in [-0.25, -0.2) is 4.99 Å². The van der Waals surface area contributed by atoms with E-state index in [1.807, 2.05) is 24.3 Å². The van der Waals surface area contributed by atoms with Crippen LogP contribution in [0.15, 0.2) is 33.7 Å². The summed E-state index contributed by atoms with van der Waals surface area (Å²) in [7, 11) is 0. The lowest BCUT2D eigenvalue weighted by Crippen LogP contribution is -2.12. The smallest absolute Gasteiger partial charge is 0.282 e. The van der Waals surface area contributed by atoms with Gasteiger partial charge < -0.3 is 10.5 Å². The molecule has 0 amide bonds. The van der Waals surface area contributed by atoms with Crippen molar-refractivity contribution in [2.75, 3.05) is 6.54 Å². The molecule has 0 unspecified atom stereocenters. The zero-order valence-electron chi connectivity index (χ0n) is 6.90. The molecular formula is C9H9BrN2O. The van der Waals surface area contributed by atoms with Crippen LogP contribution in [0.5, 0.6) is 0 Å². The number of nitrogens with two attached hydrogens (primary N) is 1. The maximum absolute atomic E-state index is 5.41.